The monoisotopic (exact) mass is 446 g/mol. The van der Waals surface area contributed by atoms with Crippen LogP contribution < -0.4 is 10.6 Å². The predicted octanol–water partition coefficient (Wildman–Crippen LogP) is 4.69. The fourth-order valence-electron chi connectivity index (χ4n) is 4.01. The molecule has 3 aromatic rings. The van der Waals surface area contributed by atoms with Crippen LogP contribution in [0.5, 0.6) is 0 Å². The van der Waals surface area contributed by atoms with Gasteiger partial charge in [-0.25, -0.2) is 0 Å². The van der Waals surface area contributed by atoms with Crippen LogP contribution in [0.4, 0.5) is 0 Å². The summed E-state index contributed by atoms with van der Waals surface area (Å²) in [6.07, 6.45) is 1.99. The van der Waals surface area contributed by atoms with E-state index in [2.05, 4.69) is 76.9 Å². The number of carbonyl (C=O) groups excluding carboxylic acids is 2. The molecular formula is C28H34N2O3. The number of aryl methyl sites for hydroxylation is 1. The van der Waals surface area contributed by atoms with Crippen LogP contribution in [0.15, 0.2) is 66.7 Å². The highest BCUT2D eigenvalue weighted by Gasteiger charge is 2.29. The molecular weight excluding hydrogens is 412 g/mol. The number of carbonyl (C=O) groups is 2. The van der Waals surface area contributed by atoms with Crippen LogP contribution in [0.3, 0.4) is 0 Å². The Labute approximate surface area is 196 Å². The van der Waals surface area contributed by atoms with Crippen LogP contribution >= 0.6 is 0 Å². The van der Waals surface area contributed by atoms with Crippen molar-refractivity contribution in [3.63, 3.8) is 0 Å². The molecule has 3 rings (SSSR count). The first-order valence-electron chi connectivity index (χ1n) is 11.5. The third kappa shape index (κ3) is 6.20. The normalized spacial score (nSPS) is 12.4. The summed E-state index contributed by atoms with van der Waals surface area (Å²) in [5, 5.41) is 8.86. The van der Waals surface area contributed by atoms with Crippen molar-refractivity contribution in [2.45, 2.75) is 45.1 Å². The lowest BCUT2D eigenvalue weighted by Crippen LogP contribution is -2.42. The quantitative estimate of drug-likeness (QED) is 0.350. The third-order valence-electron chi connectivity index (χ3n) is 6.25. The SMILES string of the molecule is COC(=O)CNC(=O)C(C)(C)c1ccc(CCCNC(C)c2cccc3ccccc23)cc1. The van der Waals surface area contributed by atoms with E-state index in [0.29, 0.717) is 0 Å². The molecule has 0 saturated carbocycles. The summed E-state index contributed by atoms with van der Waals surface area (Å²) in [5.74, 6) is -0.662. The minimum atomic E-state index is -0.734. The first kappa shape index (κ1) is 24.5. The Bertz CT molecular complexity index is 1080. The van der Waals surface area contributed by atoms with Gasteiger partial charge in [-0.2, -0.15) is 0 Å². The molecule has 1 atom stereocenters. The zero-order valence-corrected chi connectivity index (χ0v) is 20.0. The number of esters is 1. The molecule has 0 radical (unpaired) electrons. The molecule has 33 heavy (non-hydrogen) atoms. The van der Waals surface area contributed by atoms with Gasteiger partial charge in [-0.3, -0.25) is 9.59 Å². The molecule has 0 bridgehead atoms. The van der Waals surface area contributed by atoms with Gasteiger partial charge in [0.2, 0.25) is 5.91 Å². The van der Waals surface area contributed by atoms with Crippen molar-refractivity contribution in [2.24, 2.45) is 0 Å². The van der Waals surface area contributed by atoms with Crippen LogP contribution in [-0.4, -0.2) is 32.1 Å². The van der Waals surface area contributed by atoms with Crippen molar-refractivity contribution in [3.8, 4) is 0 Å². The van der Waals surface area contributed by atoms with Gasteiger partial charge in [0, 0.05) is 6.04 Å². The molecule has 0 aliphatic heterocycles. The molecule has 5 heteroatoms. The molecule has 1 unspecified atom stereocenters. The molecule has 5 nitrogen and oxygen atoms in total. The van der Waals surface area contributed by atoms with E-state index in [1.165, 1.54) is 29.0 Å². The molecule has 0 aliphatic rings. The summed E-state index contributed by atoms with van der Waals surface area (Å²) in [6, 6.07) is 23.4. The Morgan fingerprint density at radius 3 is 2.39 bits per heavy atom. The number of fused-ring (bicyclic) bond motifs is 1. The standard InChI is InChI=1S/C28H34N2O3/c1-20(24-13-7-11-22-10-5-6-12-25(22)24)29-18-8-9-21-14-16-23(17-15-21)28(2,3)27(32)30-19-26(31)33-4/h5-7,10-17,20,29H,8-9,18-19H2,1-4H3,(H,30,32). The highest BCUT2D eigenvalue weighted by Crippen LogP contribution is 2.25. The lowest BCUT2D eigenvalue weighted by Gasteiger charge is -2.24. The number of hydrogen-bond donors (Lipinski definition) is 2. The molecule has 1 amide bonds. The van der Waals surface area contributed by atoms with E-state index in [9.17, 15) is 9.59 Å². The van der Waals surface area contributed by atoms with Crippen LogP contribution in [-0.2, 0) is 26.2 Å². The molecule has 0 aliphatic carbocycles. The predicted molar refractivity (Wildman–Crippen MR) is 133 cm³/mol. The smallest absolute Gasteiger partial charge is 0.325 e. The van der Waals surface area contributed by atoms with Gasteiger partial charge in [-0.15, -0.1) is 0 Å². The number of methoxy groups -OCH3 is 1. The van der Waals surface area contributed by atoms with E-state index < -0.39 is 11.4 Å². The molecule has 0 spiro atoms. The number of benzene rings is 3. The van der Waals surface area contributed by atoms with Gasteiger partial charge in [-0.1, -0.05) is 66.7 Å². The first-order chi connectivity index (χ1) is 15.8. The molecule has 0 heterocycles. The van der Waals surface area contributed by atoms with Crippen LogP contribution in [0.25, 0.3) is 10.8 Å². The van der Waals surface area contributed by atoms with Crippen LogP contribution in [0, 0.1) is 0 Å². The second kappa shape index (κ2) is 11.1. The third-order valence-corrected chi connectivity index (χ3v) is 6.25. The zero-order chi connectivity index (χ0) is 23.8. The summed E-state index contributed by atoms with van der Waals surface area (Å²) in [4.78, 5) is 23.8. The van der Waals surface area contributed by atoms with Crippen molar-refractivity contribution in [1.29, 1.82) is 0 Å². The van der Waals surface area contributed by atoms with Crippen LogP contribution in [0.2, 0.25) is 0 Å². The zero-order valence-electron chi connectivity index (χ0n) is 20.0. The first-order valence-corrected chi connectivity index (χ1v) is 11.5. The topological polar surface area (TPSA) is 67.4 Å². The Morgan fingerprint density at radius 2 is 1.67 bits per heavy atom. The van der Waals surface area contributed by atoms with Crippen molar-refractivity contribution in [3.05, 3.63) is 83.4 Å². The molecule has 0 saturated heterocycles. The average molecular weight is 447 g/mol. The number of nitrogens with one attached hydrogen (secondary N) is 2. The van der Waals surface area contributed by atoms with Crippen molar-refractivity contribution >= 4 is 22.6 Å². The van der Waals surface area contributed by atoms with E-state index in [1.807, 2.05) is 26.0 Å². The number of rotatable bonds is 10. The Hall–Kier alpha value is -3.18. The Balaban J connectivity index is 1.50. The summed E-state index contributed by atoms with van der Waals surface area (Å²) < 4.78 is 4.58. The van der Waals surface area contributed by atoms with E-state index in [0.717, 1.165) is 24.9 Å². The van der Waals surface area contributed by atoms with E-state index in [1.54, 1.807) is 0 Å². The largest absolute Gasteiger partial charge is 0.468 e. The Kier molecular flexibility index (Phi) is 8.23. The summed E-state index contributed by atoms with van der Waals surface area (Å²) in [6.45, 7) is 6.72. The lowest BCUT2D eigenvalue weighted by molar-refractivity contribution is -0.141. The fraction of sp³-hybridized carbons (Fsp3) is 0.357. The van der Waals surface area contributed by atoms with Gasteiger partial charge in [-0.05, 0) is 67.6 Å². The minimum absolute atomic E-state index is 0.124. The fourth-order valence-corrected chi connectivity index (χ4v) is 4.01. The van der Waals surface area contributed by atoms with E-state index in [-0.39, 0.29) is 18.5 Å². The van der Waals surface area contributed by atoms with Gasteiger partial charge >= 0.3 is 5.97 Å². The molecule has 0 aromatic heterocycles. The van der Waals surface area contributed by atoms with E-state index >= 15 is 0 Å². The summed E-state index contributed by atoms with van der Waals surface area (Å²) in [7, 11) is 1.30. The van der Waals surface area contributed by atoms with Gasteiger partial charge in [0.15, 0.2) is 0 Å². The maximum Gasteiger partial charge on any atom is 0.325 e. The van der Waals surface area contributed by atoms with Gasteiger partial charge in [0.1, 0.15) is 6.54 Å². The molecule has 3 aromatic carbocycles. The number of amides is 1. The summed E-state index contributed by atoms with van der Waals surface area (Å²) in [5.41, 5.74) is 2.74. The highest BCUT2D eigenvalue weighted by atomic mass is 16.5. The van der Waals surface area contributed by atoms with Crippen molar-refractivity contribution in [2.75, 3.05) is 20.2 Å². The molecule has 2 N–H and O–H groups in total. The number of ether oxygens (including phenoxy) is 1. The van der Waals surface area contributed by atoms with Gasteiger partial charge in [0.05, 0.1) is 12.5 Å². The molecule has 0 fully saturated rings. The van der Waals surface area contributed by atoms with Crippen molar-refractivity contribution < 1.29 is 14.3 Å². The van der Waals surface area contributed by atoms with E-state index in [4.69, 9.17) is 0 Å². The van der Waals surface area contributed by atoms with Crippen LogP contribution in [0.1, 0.15) is 49.9 Å². The average Bonchev–Trinajstić information content (AvgIpc) is 2.84. The second-order valence-corrected chi connectivity index (χ2v) is 8.93. The van der Waals surface area contributed by atoms with Gasteiger partial charge in [0.25, 0.3) is 0 Å². The maximum atomic E-state index is 12.5. The molecule has 174 valence electrons. The summed E-state index contributed by atoms with van der Waals surface area (Å²) >= 11 is 0. The highest BCUT2D eigenvalue weighted by molar-refractivity contribution is 5.90. The number of hydrogen-bond acceptors (Lipinski definition) is 4. The Morgan fingerprint density at radius 1 is 0.970 bits per heavy atom. The lowest BCUT2D eigenvalue weighted by atomic mass is 9.83. The second-order valence-electron chi connectivity index (χ2n) is 8.93. The van der Waals surface area contributed by atoms with Gasteiger partial charge < -0.3 is 15.4 Å². The minimum Gasteiger partial charge on any atom is -0.468 e. The maximum absolute atomic E-state index is 12.5. The van der Waals surface area contributed by atoms with Crippen molar-refractivity contribution in [1.82, 2.24) is 10.6 Å².